The molecule has 0 radical (unpaired) electrons. The number of carbonyl (C=O) groups excluding carboxylic acids is 1. The highest BCUT2D eigenvalue weighted by Crippen LogP contribution is 2.24. The maximum Gasteiger partial charge on any atom is 0.246 e. The highest BCUT2D eigenvalue weighted by molar-refractivity contribution is 7.92. The van der Waals surface area contributed by atoms with Crippen LogP contribution in [0.4, 0.5) is 0 Å². The van der Waals surface area contributed by atoms with Gasteiger partial charge in [0.05, 0.1) is 16.4 Å². The molecule has 0 bridgehead atoms. The number of hydrogen-bond donors (Lipinski definition) is 0. The van der Waals surface area contributed by atoms with Gasteiger partial charge >= 0.3 is 0 Å². The Bertz CT molecular complexity index is 794. The van der Waals surface area contributed by atoms with Crippen LogP contribution in [0.3, 0.4) is 0 Å². The number of rotatable bonds is 4. The molecule has 120 valence electrons. The van der Waals surface area contributed by atoms with E-state index in [1.165, 1.54) is 12.3 Å². The lowest BCUT2D eigenvalue weighted by Gasteiger charge is -2.14. The minimum Gasteiger partial charge on any atom is -0.465 e. The summed E-state index contributed by atoms with van der Waals surface area (Å²) in [7, 11) is -3.40. The first-order valence-corrected chi connectivity index (χ1v) is 8.91. The van der Waals surface area contributed by atoms with E-state index >= 15 is 0 Å². The van der Waals surface area contributed by atoms with E-state index in [0.29, 0.717) is 23.6 Å². The molecule has 0 saturated carbocycles. The van der Waals surface area contributed by atoms with E-state index in [4.69, 9.17) is 4.42 Å². The zero-order valence-corrected chi connectivity index (χ0v) is 13.3. The third-order valence-corrected chi connectivity index (χ3v) is 6.09. The van der Waals surface area contributed by atoms with E-state index in [-0.39, 0.29) is 12.5 Å². The predicted octanol–water partition coefficient (Wildman–Crippen LogP) is 2.37. The first-order valence-electron chi connectivity index (χ1n) is 7.37. The van der Waals surface area contributed by atoms with Crippen LogP contribution in [0.25, 0.3) is 6.08 Å². The van der Waals surface area contributed by atoms with Gasteiger partial charge in [-0.25, -0.2) is 8.42 Å². The number of carbonyl (C=O) groups is 1. The van der Waals surface area contributed by atoms with Crippen molar-refractivity contribution in [3.63, 3.8) is 0 Å². The summed E-state index contributed by atoms with van der Waals surface area (Å²) < 4.78 is 30.3. The fraction of sp³-hybridized carbons (Fsp3) is 0.235. The molecule has 23 heavy (non-hydrogen) atoms. The molecule has 2 heterocycles. The highest BCUT2D eigenvalue weighted by Gasteiger charge is 2.35. The Labute approximate surface area is 135 Å². The van der Waals surface area contributed by atoms with Crippen LogP contribution in [0, 0.1) is 0 Å². The normalized spacial score (nSPS) is 18.6. The molecule has 1 aromatic carbocycles. The summed E-state index contributed by atoms with van der Waals surface area (Å²) in [6, 6.07) is 11.9. The molecule has 1 atom stereocenters. The topological polar surface area (TPSA) is 67.6 Å². The molecule has 1 saturated heterocycles. The summed E-state index contributed by atoms with van der Waals surface area (Å²) in [6.07, 6.45) is 4.98. The molecular formula is C17H17NO4S. The Kier molecular flexibility index (Phi) is 4.34. The van der Waals surface area contributed by atoms with Crippen molar-refractivity contribution in [2.24, 2.45) is 0 Å². The first kappa shape index (κ1) is 15.6. The van der Waals surface area contributed by atoms with Crippen molar-refractivity contribution in [1.29, 1.82) is 0 Å². The van der Waals surface area contributed by atoms with Gasteiger partial charge in [0.15, 0.2) is 9.84 Å². The minimum atomic E-state index is -3.40. The lowest BCUT2D eigenvalue weighted by Crippen LogP contribution is -2.30. The monoisotopic (exact) mass is 331 g/mol. The number of amides is 1. The highest BCUT2D eigenvalue weighted by atomic mass is 32.2. The van der Waals surface area contributed by atoms with Gasteiger partial charge in [0.25, 0.3) is 0 Å². The van der Waals surface area contributed by atoms with E-state index in [9.17, 15) is 13.2 Å². The molecule has 0 spiro atoms. The van der Waals surface area contributed by atoms with E-state index < -0.39 is 15.1 Å². The average Bonchev–Trinajstić information content (AvgIpc) is 3.25. The molecule has 0 N–H and O–H groups in total. The van der Waals surface area contributed by atoms with Gasteiger partial charge in [-0.2, -0.15) is 0 Å². The number of sulfone groups is 1. The van der Waals surface area contributed by atoms with Crippen LogP contribution < -0.4 is 0 Å². The van der Waals surface area contributed by atoms with Crippen molar-refractivity contribution in [1.82, 2.24) is 4.90 Å². The quantitative estimate of drug-likeness (QED) is 0.807. The van der Waals surface area contributed by atoms with Crippen LogP contribution in [0.1, 0.15) is 12.2 Å². The molecule has 2 aromatic rings. The van der Waals surface area contributed by atoms with E-state index in [2.05, 4.69) is 0 Å². The molecule has 1 fully saturated rings. The zero-order valence-electron chi connectivity index (χ0n) is 12.5. The van der Waals surface area contributed by atoms with Crippen LogP contribution in [0.5, 0.6) is 0 Å². The summed E-state index contributed by atoms with van der Waals surface area (Å²) in [5.74, 6) is 0.387. The second kappa shape index (κ2) is 6.42. The number of hydrogen-bond acceptors (Lipinski definition) is 4. The first-order chi connectivity index (χ1) is 11.1. The minimum absolute atomic E-state index is 0.202. The summed E-state index contributed by atoms with van der Waals surface area (Å²) >= 11 is 0. The van der Waals surface area contributed by atoms with E-state index in [1.54, 1.807) is 53.4 Å². The van der Waals surface area contributed by atoms with Gasteiger partial charge in [-0.1, -0.05) is 18.2 Å². The van der Waals surface area contributed by atoms with E-state index in [1.807, 2.05) is 0 Å². The smallest absolute Gasteiger partial charge is 0.246 e. The van der Waals surface area contributed by atoms with Crippen LogP contribution in [-0.4, -0.2) is 37.6 Å². The van der Waals surface area contributed by atoms with Gasteiger partial charge in [0, 0.05) is 19.2 Å². The third kappa shape index (κ3) is 3.37. The van der Waals surface area contributed by atoms with Crippen molar-refractivity contribution in [2.75, 3.05) is 13.1 Å². The second-order valence-electron chi connectivity index (χ2n) is 5.40. The van der Waals surface area contributed by atoms with Gasteiger partial charge in [0.2, 0.25) is 5.91 Å². The number of furan rings is 1. The molecule has 0 aliphatic carbocycles. The van der Waals surface area contributed by atoms with Crippen molar-refractivity contribution >= 4 is 21.8 Å². The Morgan fingerprint density at radius 3 is 2.65 bits per heavy atom. The fourth-order valence-electron chi connectivity index (χ4n) is 2.63. The molecule has 1 aromatic heterocycles. The maximum absolute atomic E-state index is 12.6. The largest absolute Gasteiger partial charge is 0.465 e. The van der Waals surface area contributed by atoms with Crippen LogP contribution in [-0.2, 0) is 14.6 Å². The van der Waals surface area contributed by atoms with Gasteiger partial charge in [0.1, 0.15) is 5.76 Å². The summed E-state index contributed by atoms with van der Waals surface area (Å²) in [5.41, 5.74) is 0. The predicted molar refractivity (Wildman–Crippen MR) is 86.4 cm³/mol. The third-order valence-electron chi connectivity index (χ3n) is 3.90. The molecular weight excluding hydrogens is 314 g/mol. The summed E-state index contributed by atoms with van der Waals surface area (Å²) in [4.78, 5) is 14.0. The van der Waals surface area contributed by atoms with Crippen LogP contribution >= 0.6 is 0 Å². The SMILES string of the molecule is O=C(/C=C/c1ccco1)N1CCC(S(=O)(=O)c2ccccc2)C1. The maximum atomic E-state index is 12.6. The molecule has 6 heteroatoms. The van der Waals surface area contributed by atoms with Crippen molar-refractivity contribution in [3.05, 3.63) is 60.6 Å². The van der Waals surface area contributed by atoms with Crippen molar-refractivity contribution in [3.8, 4) is 0 Å². The van der Waals surface area contributed by atoms with Crippen molar-refractivity contribution < 1.29 is 17.6 Å². The standard InChI is InChI=1S/C17H17NO4S/c19-17(9-8-14-5-4-12-22-14)18-11-10-16(13-18)23(20,21)15-6-2-1-3-7-15/h1-9,12,16H,10-11,13H2/b9-8+. The fourth-order valence-corrected chi connectivity index (χ4v) is 4.34. The second-order valence-corrected chi connectivity index (χ2v) is 7.63. The van der Waals surface area contributed by atoms with Gasteiger partial charge < -0.3 is 9.32 Å². The summed E-state index contributed by atoms with van der Waals surface area (Å²) in [5, 5.41) is -0.550. The summed E-state index contributed by atoms with van der Waals surface area (Å²) in [6.45, 7) is 0.663. The Morgan fingerprint density at radius 2 is 1.96 bits per heavy atom. The van der Waals surface area contributed by atoms with Gasteiger partial charge in [-0.3, -0.25) is 4.79 Å². The molecule has 5 nitrogen and oxygen atoms in total. The van der Waals surface area contributed by atoms with Gasteiger partial charge in [-0.05, 0) is 36.8 Å². The Balaban J connectivity index is 1.67. The number of benzene rings is 1. The number of likely N-dealkylation sites (tertiary alicyclic amines) is 1. The Morgan fingerprint density at radius 1 is 1.17 bits per heavy atom. The zero-order chi connectivity index (χ0) is 16.3. The number of nitrogens with zero attached hydrogens (tertiary/aromatic N) is 1. The Hall–Kier alpha value is -2.34. The van der Waals surface area contributed by atoms with Gasteiger partial charge in [-0.15, -0.1) is 0 Å². The molecule has 1 unspecified atom stereocenters. The molecule has 3 rings (SSSR count). The van der Waals surface area contributed by atoms with Crippen LogP contribution in [0.15, 0.2) is 64.1 Å². The van der Waals surface area contributed by atoms with E-state index in [0.717, 1.165) is 0 Å². The van der Waals surface area contributed by atoms with Crippen LogP contribution in [0.2, 0.25) is 0 Å². The average molecular weight is 331 g/mol. The molecule has 1 amide bonds. The molecule has 1 aliphatic rings. The molecule has 1 aliphatic heterocycles. The lowest BCUT2D eigenvalue weighted by atomic mass is 10.3. The lowest BCUT2D eigenvalue weighted by molar-refractivity contribution is -0.124. The van der Waals surface area contributed by atoms with Crippen molar-refractivity contribution in [2.45, 2.75) is 16.6 Å².